The number of aliphatic hydroxyl groups is 1. The number of methoxy groups -OCH3 is 1. The average Bonchev–Trinajstić information content (AvgIpc) is 2.26. The minimum absolute atomic E-state index is 0.0842. The second-order valence-corrected chi connectivity index (χ2v) is 3.43. The van der Waals surface area contributed by atoms with Crippen LogP contribution in [0, 0.1) is 0 Å². The van der Waals surface area contributed by atoms with E-state index in [1.807, 2.05) is 0 Å². The highest BCUT2D eigenvalue weighted by molar-refractivity contribution is 6.29. The summed E-state index contributed by atoms with van der Waals surface area (Å²) in [7, 11) is 1.47. The molecular weight excluding hydrogens is 234 g/mol. The Morgan fingerprint density at radius 1 is 1.69 bits per heavy atom. The molecule has 1 heterocycles. The smallest absolute Gasteiger partial charge is 0.271 e. The summed E-state index contributed by atoms with van der Waals surface area (Å²) in [5, 5.41) is 11.9. The largest absolute Gasteiger partial charge is 0.389 e. The SMILES string of the molecule is COCC(O)CNC(=O)c1cncc(Cl)n1. The maximum absolute atomic E-state index is 11.5. The first-order valence-corrected chi connectivity index (χ1v) is 4.94. The number of hydrogen-bond acceptors (Lipinski definition) is 5. The molecule has 0 aliphatic heterocycles. The van der Waals surface area contributed by atoms with Crippen molar-refractivity contribution in [3.63, 3.8) is 0 Å². The first kappa shape index (κ1) is 12.8. The molecule has 6 nitrogen and oxygen atoms in total. The van der Waals surface area contributed by atoms with Crippen LogP contribution in [0.15, 0.2) is 12.4 Å². The highest BCUT2D eigenvalue weighted by Crippen LogP contribution is 2.02. The van der Waals surface area contributed by atoms with Gasteiger partial charge in [0.05, 0.1) is 25.1 Å². The summed E-state index contributed by atoms with van der Waals surface area (Å²) in [6, 6.07) is 0. The number of nitrogens with zero attached hydrogens (tertiary/aromatic N) is 2. The van der Waals surface area contributed by atoms with Gasteiger partial charge in [0, 0.05) is 13.7 Å². The molecule has 1 aromatic heterocycles. The van der Waals surface area contributed by atoms with E-state index in [2.05, 4.69) is 15.3 Å². The van der Waals surface area contributed by atoms with Crippen LogP contribution in [0.3, 0.4) is 0 Å². The lowest BCUT2D eigenvalue weighted by atomic mass is 10.3. The van der Waals surface area contributed by atoms with Crippen molar-refractivity contribution in [2.75, 3.05) is 20.3 Å². The molecule has 1 rings (SSSR count). The van der Waals surface area contributed by atoms with Crippen LogP contribution in [0.5, 0.6) is 0 Å². The van der Waals surface area contributed by atoms with Crippen molar-refractivity contribution in [1.82, 2.24) is 15.3 Å². The lowest BCUT2D eigenvalue weighted by molar-refractivity contribution is 0.0608. The Balaban J connectivity index is 2.47. The molecule has 0 spiro atoms. The number of aromatic nitrogens is 2. The molecule has 16 heavy (non-hydrogen) atoms. The van der Waals surface area contributed by atoms with Crippen LogP contribution in [-0.2, 0) is 4.74 Å². The van der Waals surface area contributed by atoms with Gasteiger partial charge in [-0.15, -0.1) is 0 Å². The standard InChI is InChI=1S/C9H12ClN3O3/c1-16-5-6(14)2-12-9(15)7-3-11-4-8(10)13-7/h3-4,6,14H,2,5H2,1H3,(H,12,15). The van der Waals surface area contributed by atoms with Crippen molar-refractivity contribution in [1.29, 1.82) is 0 Å². The molecule has 1 atom stereocenters. The molecule has 1 unspecified atom stereocenters. The van der Waals surface area contributed by atoms with E-state index in [1.54, 1.807) is 0 Å². The fourth-order valence-corrected chi connectivity index (χ4v) is 1.15. The molecule has 0 aromatic carbocycles. The van der Waals surface area contributed by atoms with E-state index in [0.717, 1.165) is 0 Å². The normalized spacial score (nSPS) is 12.2. The number of carbonyl (C=O) groups is 1. The van der Waals surface area contributed by atoms with Crippen molar-refractivity contribution in [3.8, 4) is 0 Å². The number of aliphatic hydroxyl groups excluding tert-OH is 1. The number of ether oxygens (including phenoxy) is 1. The predicted molar refractivity (Wildman–Crippen MR) is 57.3 cm³/mol. The quantitative estimate of drug-likeness (QED) is 0.755. The Kier molecular flexibility index (Phi) is 5.10. The fraction of sp³-hybridized carbons (Fsp3) is 0.444. The Hall–Kier alpha value is -1.24. The number of nitrogens with one attached hydrogen (secondary N) is 1. The molecule has 88 valence electrons. The van der Waals surface area contributed by atoms with Gasteiger partial charge in [0.2, 0.25) is 0 Å². The van der Waals surface area contributed by atoms with Crippen molar-refractivity contribution in [2.45, 2.75) is 6.10 Å². The Morgan fingerprint density at radius 3 is 3.06 bits per heavy atom. The second kappa shape index (κ2) is 6.37. The highest BCUT2D eigenvalue weighted by Gasteiger charge is 2.10. The Labute approximate surface area is 97.6 Å². The van der Waals surface area contributed by atoms with E-state index in [1.165, 1.54) is 19.5 Å². The fourth-order valence-electron chi connectivity index (χ4n) is 1.00. The lowest BCUT2D eigenvalue weighted by Crippen LogP contribution is -2.34. The van der Waals surface area contributed by atoms with E-state index < -0.39 is 12.0 Å². The number of hydrogen-bond donors (Lipinski definition) is 2. The third-order valence-electron chi connectivity index (χ3n) is 1.70. The molecule has 1 amide bonds. The van der Waals surface area contributed by atoms with Gasteiger partial charge in [0.25, 0.3) is 5.91 Å². The van der Waals surface area contributed by atoms with Gasteiger partial charge in [-0.25, -0.2) is 4.98 Å². The van der Waals surface area contributed by atoms with Crippen molar-refractivity contribution in [2.24, 2.45) is 0 Å². The Bertz CT molecular complexity index is 362. The molecule has 0 saturated carbocycles. The van der Waals surface area contributed by atoms with E-state index in [4.69, 9.17) is 16.3 Å². The molecule has 0 bridgehead atoms. The summed E-state index contributed by atoms with van der Waals surface area (Å²) in [6.45, 7) is 0.238. The summed E-state index contributed by atoms with van der Waals surface area (Å²) in [6.07, 6.45) is 1.88. The summed E-state index contributed by atoms with van der Waals surface area (Å²) >= 11 is 5.58. The summed E-state index contributed by atoms with van der Waals surface area (Å²) in [4.78, 5) is 19.0. The molecule has 0 aliphatic rings. The van der Waals surface area contributed by atoms with Gasteiger partial charge in [-0.2, -0.15) is 0 Å². The van der Waals surface area contributed by atoms with Crippen LogP contribution >= 0.6 is 11.6 Å². The summed E-state index contributed by atoms with van der Waals surface area (Å²) in [5.41, 5.74) is 0.108. The molecule has 0 aliphatic carbocycles. The zero-order valence-electron chi connectivity index (χ0n) is 8.68. The van der Waals surface area contributed by atoms with Crippen LogP contribution < -0.4 is 5.32 Å². The van der Waals surface area contributed by atoms with Crippen LogP contribution in [0.25, 0.3) is 0 Å². The number of carbonyl (C=O) groups excluding carboxylic acids is 1. The highest BCUT2D eigenvalue weighted by atomic mass is 35.5. The van der Waals surface area contributed by atoms with E-state index in [0.29, 0.717) is 0 Å². The van der Waals surface area contributed by atoms with Crippen molar-refractivity contribution >= 4 is 17.5 Å². The minimum Gasteiger partial charge on any atom is -0.389 e. The monoisotopic (exact) mass is 245 g/mol. The van der Waals surface area contributed by atoms with Gasteiger partial charge in [-0.1, -0.05) is 11.6 Å². The average molecular weight is 246 g/mol. The van der Waals surface area contributed by atoms with Gasteiger partial charge in [0.15, 0.2) is 0 Å². The molecule has 0 fully saturated rings. The van der Waals surface area contributed by atoms with Gasteiger partial charge in [0.1, 0.15) is 10.8 Å². The van der Waals surface area contributed by atoms with Gasteiger partial charge in [-0.05, 0) is 0 Å². The predicted octanol–water partition coefficient (Wildman–Crippen LogP) is -0.133. The molecule has 2 N–H and O–H groups in total. The minimum atomic E-state index is -0.749. The molecule has 0 radical (unpaired) electrons. The van der Waals surface area contributed by atoms with E-state index >= 15 is 0 Å². The third kappa shape index (κ3) is 4.09. The third-order valence-corrected chi connectivity index (χ3v) is 1.88. The number of rotatable bonds is 5. The summed E-state index contributed by atoms with van der Waals surface area (Å²) < 4.78 is 4.71. The van der Waals surface area contributed by atoms with Crippen LogP contribution in [-0.4, -0.2) is 47.3 Å². The molecule has 0 saturated heterocycles. The maximum atomic E-state index is 11.5. The topological polar surface area (TPSA) is 84.3 Å². The lowest BCUT2D eigenvalue weighted by Gasteiger charge is -2.10. The van der Waals surface area contributed by atoms with E-state index in [-0.39, 0.29) is 24.0 Å². The van der Waals surface area contributed by atoms with Gasteiger partial charge in [-0.3, -0.25) is 9.78 Å². The summed E-state index contributed by atoms with van der Waals surface area (Å²) in [5.74, 6) is -0.440. The molecule has 7 heteroatoms. The first-order chi connectivity index (χ1) is 7.63. The molecular formula is C9H12ClN3O3. The number of amides is 1. The molecule has 1 aromatic rings. The van der Waals surface area contributed by atoms with Crippen LogP contribution in [0.2, 0.25) is 5.15 Å². The first-order valence-electron chi connectivity index (χ1n) is 4.56. The van der Waals surface area contributed by atoms with Gasteiger partial charge >= 0.3 is 0 Å². The van der Waals surface area contributed by atoms with Crippen molar-refractivity contribution in [3.05, 3.63) is 23.2 Å². The number of halogens is 1. The maximum Gasteiger partial charge on any atom is 0.271 e. The van der Waals surface area contributed by atoms with Crippen molar-refractivity contribution < 1.29 is 14.6 Å². The Morgan fingerprint density at radius 2 is 2.44 bits per heavy atom. The van der Waals surface area contributed by atoms with Gasteiger partial charge < -0.3 is 15.2 Å². The second-order valence-electron chi connectivity index (χ2n) is 3.05. The zero-order valence-corrected chi connectivity index (χ0v) is 9.44. The van der Waals surface area contributed by atoms with E-state index in [9.17, 15) is 9.90 Å². The zero-order chi connectivity index (χ0) is 12.0. The van der Waals surface area contributed by atoms with Crippen LogP contribution in [0.4, 0.5) is 0 Å². The van der Waals surface area contributed by atoms with Crippen LogP contribution in [0.1, 0.15) is 10.5 Å².